The van der Waals surface area contributed by atoms with Gasteiger partial charge in [-0.2, -0.15) is 0 Å². The van der Waals surface area contributed by atoms with E-state index >= 15 is 0 Å². The number of nitrogens with zero attached hydrogens (tertiary/aromatic N) is 1. The summed E-state index contributed by atoms with van der Waals surface area (Å²) in [5, 5.41) is 3.57. The van der Waals surface area contributed by atoms with Crippen molar-refractivity contribution < 1.29 is 9.59 Å². The van der Waals surface area contributed by atoms with Gasteiger partial charge in [-0.05, 0) is 49.6 Å². The summed E-state index contributed by atoms with van der Waals surface area (Å²) in [6.07, 6.45) is 0.833. The van der Waals surface area contributed by atoms with Gasteiger partial charge >= 0.3 is 0 Å². The van der Waals surface area contributed by atoms with Gasteiger partial charge in [0.1, 0.15) is 6.04 Å². The fourth-order valence-corrected chi connectivity index (χ4v) is 4.11. The number of rotatable bonds is 10. The second-order valence-electron chi connectivity index (χ2n) is 7.23. The average Bonchev–Trinajstić information content (AvgIpc) is 2.73. The van der Waals surface area contributed by atoms with E-state index in [1.54, 1.807) is 17.9 Å². The Labute approximate surface area is 196 Å². The molecule has 2 aromatic rings. The molecule has 0 bridgehead atoms. The molecule has 0 unspecified atom stereocenters. The summed E-state index contributed by atoms with van der Waals surface area (Å²) in [6, 6.07) is 14.9. The Kier molecular flexibility index (Phi) is 10.2. The molecule has 162 valence electrons. The summed E-state index contributed by atoms with van der Waals surface area (Å²) in [5.74, 6) is 0.792. The van der Waals surface area contributed by atoms with Crippen LogP contribution in [0.25, 0.3) is 0 Å². The van der Waals surface area contributed by atoms with Gasteiger partial charge in [-0.15, -0.1) is 11.8 Å². The maximum absolute atomic E-state index is 13.1. The Morgan fingerprint density at radius 3 is 2.43 bits per heavy atom. The van der Waals surface area contributed by atoms with E-state index in [2.05, 4.69) is 21.2 Å². The molecule has 30 heavy (non-hydrogen) atoms. The minimum atomic E-state index is -0.587. The average molecular weight is 512 g/mol. The first-order valence-corrected chi connectivity index (χ1v) is 12.3. The van der Waals surface area contributed by atoms with Crippen molar-refractivity contribution in [2.75, 3.05) is 5.75 Å². The Hall–Kier alpha value is -1.50. The monoisotopic (exact) mass is 510 g/mol. The van der Waals surface area contributed by atoms with Gasteiger partial charge in [0.2, 0.25) is 11.8 Å². The fourth-order valence-electron chi connectivity index (χ4n) is 2.78. The number of amides is 2. The topological polar surface area (TPSA) is 49.4 Å². The van der Waals surface area contributed by atoms with E-state index in [1.165, 1.54) is 11.8 Å². The second kappa shape index (κ2) is 12.4. The second-order valence-corrected chi connectivity index (χ2v) is 9.53. The van der Waals surface area contributed by atoms with Crippen LogP contribution in [0.1, 0.15) is 38.3 Å². The molecule has 2 amide bonds. The SMILES string of the molecule is CC[C@@H](C)NC(=O)[C@H](C)N(Cc1ccccc1Cl)C(=O)CSCc1ccc(Br)cc1. The Morgan fingerprint density at radius 1 is 1.13 bits per heavy atom. The molecule has 0 radical (unpaired) electrons. The third-order valence-corrected chi connectivity index (χ3v) is 6.76. The van der Waals surface area contributed by atoms with Crippen molar-refractivity contribution >= 4 is 51.1 Å². The molecule has 2 aromatic carbocycles. The van der Waals surface area contributed by atoms with E-state index in [0.29, 0.717) is 17.3 Å². The maximum atomic E-state index is 13.1. The lowest BCUT2D eigenvalue weighted by Gasteiger charge is -2.30. The van der Waals surface area contributed by atoms with Gasteiger partial charge in [-0.25, -0.2) is 0 Å². The van der Waals surface area contributed by atoms with Gasteiger partial charge < -0.3 is 10.2 Å². The van der Waals surface area contributed by atoms with Crippen LogP contribution in [0.2, 0.25) is 5.02 Å². The highest BCUT2D eigenvalue weighted by molar-refractivity contribution is 9.10. The molecule has 4 nitrogen and oxygen atoms in total. The lowest BCUT2D eigenvalue weighted by Crippen LogP contribution is -2.50. The number of carbonyl (C=O) groups is 2. The van der Waals surface area contributed by atoms with Gasteiger partial charge in [-0.3, -0.25) is 9.59 Å². The normalized spacial score (nSPS) is 12.8. The number of hydrogen-bond acceptors (Lipinski definition) is 3. The molecule has 2 atom stereocenters. The molecule has 0 saturated carbocycles. The predicted molar refractivity (Wildman–Crippen MR) is 130 cm³/mol. The molecule has 0 heterocycles. The first-order valence-electron chi connectivity index (χ1n) is 9.97. The van der Waals surface area contributed by atoms with Gasteiger partial charge in [-0.1, -0.05) is 64.8 Å². The van der Waals surface area contributed by atoms with Crippen LogP contribution in [0.4, 0.5) is 0 Å². The van der Waals surface area contributed by atoms with Crippen molar-refractivity contribution in [1.82, 2.24) is 10.2 Å². The van der Waals surface area contributed by atoms with Gasteiger partial charge in [0.25, 0.3) is 0 Å². The number of thioether (sulfide) groups is 1. The zero-order valence-corrected chi connectivity index (χ0v) is 20.7. The highest BCUT2D eigenvalue weighted by Crippen LogP contribution is 2.21. The molecule has 2 rings (SSSR count). The molecule has 0 aliphatic carbocycles. The number of nitrogens with one attached hydrogen (secondary N) is 1. The van der Waals surface area contributed by atoms with Crippen LogP contribution >= 0.6 is 39.3 Å². The molecule has 0 aromatic heterocycles. The summed E-state index contributed by atoms with van der Waals surface area (Å²) >= 11 is 11.3. The molecule has 0 saturated heterocycles. The van der Waals surface area contributed by atoms with Crippen molar-refractivity contribution in [3.05, 3.63) is 69.2 Å². The molecule has 0 aliphatic rings. The van der Waals surface area contributed by atoms with Crippen LogP contribution in [0.3, 0.4) is 0 Å². The smallest absolute Gasteiger partial charge is 0.242 e. The third-order valence-electron chi connectivity index (χ3n) is 4.87. The molecule has 0 aliphatic heterocycles. The van der Waals surface area contributed by atoms with E-state index in [-0.39, 0.29) is 17.9 Å². The van der Waals surface area contributed by atoms with Crippen LogP contribution in [-0.2, 0) is 21.9 Å². The first kappa shape index (κ1) is 24.8. The zero-order chi connectivity index (χ0) is 22.1. The maximum Gasteiger partial charge on any atom is 0.242 e. The first-order chi connectivity index (χ1) is 14.3. The Balaban J connectivity index is 2.08. The lowest BCUT2D eigenvalue weighted by molar-refractivity contribution is -0.138. The summed E-state index contributed by atoms with van der Waals surface area (Å²) in [5.41, 5.74) is 1.98. The summed E-state index contributed by atoms with van der Waals surface area (Å²) in [4.78, 5) is 27.4. The number of hydrogen-bond donors (Lipinski definition) is 1. The minimum Gasteiger partial charge on any atom is -0.352 e. The lowest BCUT2D eigenvalue weighted by atomic mass is 10.1. The molecule has 1 N–H and O–H groups in total. The zero-order valence-electron chi connectivity index (χ0n) is 17.5. The van der Waals surface area contributed by atoms with Crippen LogP contribution in [0, 0.1) is 0 Å². The van der Waals surface area contributed by atoms with Gasteiger partial charge in [0, 0.05) is 27.8 Å². The quantitative estimate of drug-likeness (QED) is 0.447. The Morgan fingerprint density at radius 2 is 1.80 bits per heavy atom. The van der Waals surface area contributed by atoms with Crippen molar-refractivity contribution in [3.8, 4) is 0 Å². The highest BCUT2D eigenvalue weighted by atomic mass is 79.9. The van der Waals surface area contributed by atoms with Crippen LogP contribution < -0.4 is 5.32 Å². The largest absolute Gasteiger partial charge is 0.352 e. The highest BCUT2D eigenvalue weighted by Gasteiger charge is 2.27. The third kappa shape index (κ3) is 7.64. The van der Waals surface area contributed by atoms with Crippen LogP contribution in [-0.4, -0.2) is 34.6 Å². The minimum absolute atomic E-state index is 0.0593. The number of benzene rings is 2. The van der Waals surface area contributed by atoms with Crippen molar-refractivity contribution in [3.63, 3.8) is 0 Å². The molecular weight excluding hydrogens is 484 g/mol. The molecule has 0 fully saturated rings. The van der Waals surface area contributed by atoms with Crippen molar-refractivity contribution in [2.24, 2.45) is 0 Å². The molecule has 0 spiro atoms. The fraction of sp³-hybridized carbons (Fsp3) is 0.391. The standard InChI is InChI=1S/C23H28BrClN2O2S/c1-4-16(2)26-23(29)17(3)27(13-19-7-5-6-8-21(19)25)22(28)15-30-14-18-9-11-20(24)12-10-18/h5-12,16-17H,4,13-15H2,1-3H3,(H,26,29)/t16-,17+/m1/s1. The Bertz CT molecular complexity index is 847. The van der Waals surface area contributed by atoms with Crippen molar-refractivity contribution in [1.29, 1.82) is 0 Å². The summed E-state index contributed by atoms with van der Waals surface area (Å²) in [7, 11) is 0. The van der Waals surface area contributed by atoms with E-state index in [4.69, 9.17) is 11.6 Å². The van der Waals surface area contributed by atoms with Crippen LogP contribution in [0.15, 0.2) is 53.0 Å². The summed E-state index contributed by atoms with van der Waals surface area (Å²) < 4.78 is 1.03. The summed E-state index contributed by atoms with van der Waals surface area (Å²) in [6.45, 7) is 6.04. The van der Waals surface area contributed by atoms with E-state index < -0.39 is 6.04 Å². The van der Waals surface area contributed by atoms with Gasteiger partial charge in [0.05, 0.1) is 5.75 Å². The number of halogens is 2. The van der Waals surface area contributed by atoms with E-state index in [1.807, 2.05) is 56.3 Å². The molecular formula is C23H28BrClN2O2S. The van der Waals surface area contributed by atoms with Crippen LogP contribution in [0.5, 0.6) is 0 Å². The molecule has 7 heteroatoms. The van der Waals surface area contributed by atoms with E-state index in [9.17, 15) is 9.59 Å². The van der Waals surface area contributed by atoms with Gasteiger partial charge in [0.15, 0.2) is 0 Å². The van der Waals surface area contributed by atoms with E-state index in [0.717, 1.165) is 27.8 Å². The van der Waals surface area contributed by atoms with Crippen molar-refractivity contribution in [2.45, 2.75) is 51.6 Å². The predicted octanol–water partition coefficient (Wildman–Crippen LogP) is 5.67. The number of carbonyl (C=O) groups excluding carboxylic acids is 2.